The van der Waals surface area contributed by atoms with E-state index in [2.05, 4.69) is 45.1 Å². The van der Waals surface area contributed by atoms with Gasteiger partial charge in [0.15, 0.2) is 0 Å². The van der Waals surface area contributed by atoms with Gasteiger partial charge in [-0.05, 0) is 61.1 Å². The van der Waals surface area contributed by atoms with Gasteiger partial charge in [0.25, 0.3) is 0 Å². The molecule has 0 saturated heterocycles. The van der Waals surface area contributed by atoms with Crippen LogP contribution in [0.4, 0.5) is 0 Å². The van der Waals surface area contributed by atoms with Crippen molar-refractivity contribution in [1.82, 2.24) is 0 Å². The van der Waals surface area contributed by atoms with E-state index < -0.39 is 0 Å². The van der Waals surface area contributed by atoms with E-state index in [9.17, 15) is 0 Å². The largest absolute Gasteiger partial charge is 0.0798 e. The molecule has 0 saturated carbocycles. The molecule has 0 amide bonds. The summed E-state index contributed by atoms with van der Waals surface area (Å²) < 4.78 is 0. The molecule has 0 fully saturated rings. The molecule has 0 radical (unpaired) electrons. The molecule has 1 heteroatoms. The van der Waals surface area contributed by atoms with Gasteiger partial charge in [-0.1, -0.05) is 29.8 Å². The average Bonchev–Trinajstić information content (AvgIpc) is 2.64. The van der Waals surface area contributed by atoms with E-state index >= 15 is 0 Å². The molecule has 0 heterocycles. The molecular weight excluding hydrogens is 208 g/mol. The third kappa shape index (κ3) is 1.92. The Labute approximate surface area is 102 Å². The lowest BCUT2D eigenvalue weighted by Crippen LogP contribution is -1.95. The fourth-order valence-electron chi connectivity index (χ4n) is 2.80. The van der Waals surface area contributed by atoms with E-state index in [1.807, 2.05) is 0 Å². The molecule has 1 aromatic carbocycles. The van der Waals surface area contributed by atoms with Crippen molar-refractivity contribution in [2.45, 2.75) is 33.2 Å². The van der Waals surface area contributed by atoms with Crippen molar-refractivity contribution in [3.05, 3.63) is 52.1 Å². The number of rotatable bonds is 2. The summed E-state index contributed by atoms with van der Waals surface area (Å²) in [6.07, 6.45) is 5.75. The maximum Gasteiger partial charge on any atom is 0.00834 e. The summed E-state index contributed by atoms with van der Waals surface area (Å²) >= 11 is 0. The lowest BCUT2D eigenvalue weighted by atomic mass is 9.91. The van der Waals surface area contributed by atoms with Gasteiger partial charge in [-0.2, -0.15) is 0 Å². The van der Waals surface area contributed by atoms with Gasteiger partial charge < -0.3 is 0 Å². The van der Waals surface area contributed by atoms with Gasteiger partial charge >= 0.3 is 0 Å². The van der Waals surface area contributed by atoms with E-state index in [0.717, 1.165) is 6.42 Å². The third-order valence-corrected chi connectivity index (χ3v) is 4.15. The van der Waals surface area contributed by atoms with E-state index in [4.69, 9.17) is 0 Å². The monoisotopic (exact) mass is 228 g/mol. The van der Waals surface area contributed by atoms with Crippen LogP contribution in [0, 0.1) is 20.8 Å². The van der Waals surface area contributed by atoms with Crippen molar-refractivity contribution in [1.29, 1.82) is 0 Å². The second kappa shape index (κ2) is 4.42. The maximum atomic E-state index is 2.32. The molecule has 1 aliphatic rings. The number of hydrogen-bond acceptors (Lipinski definition) is 0. The highest BCUT2D eigenvalue weighted by Gasteiger charge is 2.14. The van der Waals surface area contributed by atoms with E-state index in [-0.39, 0.29) is 0 Å². The van der Waals surface area contributed by atoms with Gasteiger partial charge in [0.1, 0.15) is 0 Å². The van der Waals surface area contributed by atoms with Gasteiger partial charge in [0, 0.05) is 10.2 Å². The second-order valence-electron chi connectivity index (χ2n) is 4.74. The fourth-order valence-corrected chi connectivity index (χ4v) is 3.46. The highest BCUT2D eigenvalue weighted by Crippen LogP contribution is 2.34. The summed E-state index contributed by atoms with van der Waals surface area (Å²) in [6.45, 7) is 6.66. The molecule has 2 rings (SSSR count). The van der Waals surface area contributed by atoms with Gasteiger partial charge in [0.05, 0.1) is 0 Å². The first-order valence-electron chi connectivity index (χ1n) is 6.10. The third-order valence-electron chi connectivity index (χ3n) is 3.39. The Morgan fingerprint density at radius 2 is 1.75 bits per heavy atom. The van der Waals surface area contributed by atoms with E-state index in [1.54, 1.807) is 11.1 Å². The molecule has 0 aliphatic heterocycles. The number of aryl methyl sites for hydroxylation is 3. The molecule has 0 N–H and O–H groups in total. The van der Waals surface area contributed by atoms with Crippen LogP contribution in [0.25, 0.3) is 5.57 Å². The molecule has 16 heavy (non-hydrogen) atoms. The van der Waals surface area contributed by atoms with Crippen LogP contribution in [0.2, 0.25) is 6.04 Å². The minimum Gasteiger partial charge on any atom is -0.0798 e. The van der Waals surface area contributed by atoms with Crippen molar-refractivity contribution in [3.8, 4) is 0 Å². The predicted octanol–water partition coefficient (Wildman–Crippen LogP) is 3.11. The summed E-state index contributed by atoms with van der Waals surface area (Å²) in [5.74, 6) is 0. The topological polar surface area (TPSA) is 0 Å². The van der Waals surface area contributed by atoms with Crippen molar-refractivity contribution < 1.29 is 0 Å². The lowest BCUT2D eigenvalue weighted by Gasteiger charge is -2.14. The van der Waals surface area contributed by atoms with Gasteiger partial charge in [-0.3, -0.25) is 0 Å². The van der Waals surface area contributed by atoms with E-state index in [0.29, 0.717) is 0 Å². The highest BCUT2D eigenvalue weighted by molar-refractivity contribution is 6.11. The SMILES string of the molecule is Cc1cc(C)c(C2=C(C[SiH3])C=CC2)c(C)c1. The molecule has 84 valence electrons. The average molecular weight is 228 g/mol. The quantitative estimate of drug-likeness (QED) is 0.682. The normalized spacial score (nSPS) is 15.2. The lowest BCUT2D eigenvalue weighted by molar-refractivity contribution is 1.26. The summed E-state index contributed by atoms with van der Waals surface area (Å²) in [5, 5.41) is 0. The van der Waals surface area contributed by atoms with E-state index in [1.165, 1.54) is 38.5 Å². The van der Waals surface area contributed by atoms with Gasteiger partial charge in [-0.15, -0.1) is 0 Å². The van der Waals surface area contributed by atoms with Gasteiger partial charge in [0.2, 0.25) is 0 Å². The van der Waals surface area contributed by atoms with Crippen molar-refractivity contribution in [3.63, 3.8) is 0 Å². The summed E-state index contributed by atoms with van der Waals surface area (Å²) in [4.78, 5) is 0. The van der Waals surface area contributed by atoms with Crippen molar-refractivity contribution >= 4 is 15.8 Å². The smallest absolute Gasteiger partial charge is 0.00834 e. The summed E-state index contributed by atoms with van der Waals surface area (Å²) in [5.41, 5.74) is 8.89. The Morgan fingerprint density at radius 1 is 1.12 bits per heavy atom. The van der Waals surface area contributed by atoms with Crippen LogP contribution >= 0.6 is 0 Å². The number of allylic oxidation sites excluding steroid dienone is 4. The zero-order valence-corrected chi connectivity index (χ0v) is 12.7. The molecule has 0 atom stereocenters. The standard InChI is InChI=1S/C15H20Si/c1-10-7-11(2)15(12(3)8-10)14-6-4-5-13(14)9-16/h4-5,7-8H,6,9H2,1-3,16H3. The first kappa shape index (κ1) is 11.4. The predicted molar refractivity (Wildman–Crippen MR) is 76.1 cm³/mol. The Morgan fingerprint density at radius 3 is 2.31 bits per heavy atom. The molecule has 1 aromatic rings. The molecule has 0 aromatic heterocycles. The van der Waals surface area contributed by atoms with Gasteiger partial charge in [-0.25, -0.2) is 0 Å². The Hall–Kier alpha value is -1.08. The summed E-state index contributed by atoms with van der Waals surface area (Å²) in [7, 11) is 1.26. The first-order chi connectivity index (χ1) is 7.63. The van der Waals surface area contributed by atoms with Crippen LogP contribution in [-0.2, 0) is 0 Å². The first-order valence-corrected chi connectivity index (χ1v) is 7.51. The maximum absolute atomic E-state index is 2.32. The highest BCUT2D eigenvalue weighted by atomic mass is 28.1. The Bertz CT molecular complexity index is 455. The molecule has 1 aliphatic carbocycles. The summed E-state index contributed by atoms with van der Waals surface area (Å²) in [6, 6.07) is 5.88. The number of hydrogen-bond donors (Lipinski definition) is 0. The zero-order chi connectivity index (χ0) is 11.7. The molecular formula is C15H20Si. The minimum atomic E-state index is 1.13. The van der Waals surface area contributed by atoms with Crippen LogP contribution in [0.5, 0.6) is 0 Å². The minimum absolute atomic E-state index is 1.13. The Balaban J connectivity index is 2.57. The van der Waals surface area contributed by atoms with Crippen molar-refractivity contribution in [2.75, 3.05) is 0 Å². The second-order valence-corrected chi connectivity index (χ2v) is 5.44. The fraction of sp³-hybridized carbons (Fsp3) is 0.333. The number of benzene rings is 1. The molecule has 0 spiro atoms. The van der Waals surface area contributed by atoms with Crippen LogP contribution < -0.4 is 0 Å². The molecule has 0 bridgehead atoms. The zero-order valence-electron chi connectivity index (χ0n) is 10.7. The van der Waals surface area contributed by atoms with Crippen LogP contribution in [-0.4, -0.2) is 10.2 Å². The van der Waals surface area contributed by atoms with Crippen LogP contribution in [0.15, 0.2) is 29.9 Å². The van der Waals surface area contributed by atoms with Crippen LogP contribution in [0.3, 0.4) is 0 Å². The molecule has 0 unspecified atom stereocenters. The Kier molecular flexibility index (Phi) is 3.15. The van der Waals surface area contributed by atoms with Crippen molar-refractivity contribution in [2.24, 2.45) is 0 Å². The van der Waals surface area contributed by atoms with Crippen LogP contribution in [0.1, 0.15) is 28.7 Å². The molecule has 0 nitrogen and oxygen atoms in total.